The number of aryl methyl sites for hydroxylation is 1. The molecule has 2 N–H and O–H groups in total. The Kier molecular flexibility index (Phi) is 2.11. The van der Waals surface area contributed by atoms with Crippen molar-refractivity contribution in [1.29, 1.82) is 0 Å². The van der Waals surface area contributed by atoms with Crippen LogP contribution >= 0.6 is 0 Å². The first-order valence-electron chi connectivity index (χ1n) is 4.47. The van der Waals surface area contributed by atoms with Crippen LogP contribution in [0.5, 0.6) is 0 Å². The van der Waals surface area contributed by atoms with Gasteiger partial charge in [0.1, 0.15) is 5.82 Å². The van der Waals surface area contributed by atoms with Gasteiger partial charge in [-0.2, -0.15) is 4.98 Å². The molecule has 1 aliphatic heterocycles. The normalized spacial score (nSPS) is 20.2. The molecule has 0 saturated carbocycles. The van der Waals surface area contributed by atoms with E-state index in [1.54, 1.807) is 4.68 Å². The average molecular weight is 196 g/mol. The number of rotatable bonds is 1. The number of carbonyl (C=O) groups excluding carboxylic acids is 1. The van der Waals surface area contributed by atoms with Crippen molar-refractivity contribution in [2.75, 3.05) is 12.8 Å². The number of ether oxygens (including phenoxy) is 1. The van der Waals surface area contributed by atoms with E-state index in [0.717, 1.165) is 12.2 Å². The average Bonchev–Trinajstić information content (AvgIpc) is 2.55. The standard InChI is InChI=1S/C8H12N4O2/c1-14-7(13)5-2-3-12-6(4-5)10-8(9)11-12/h5H,2-4H2,1H3,(H2,9,11). The Bertz CT molecular complexity index is 360. The lowest BCUT2D eigenvalue weighted by Crippen LogP contribution is -2.27. The summed E-state index contributed by atoms with van der Waals surface area (Å²) in [7, 11) is 1.40. The second kappa shape index (κ2) is 3.28. The molecule has 1 unspecified atom stereocenters. The fraction of sp³-hybridized carbons (Fsp3) is 0.625. The highest BCUT2D eigenvalue weighted by Crippen LogP contribution is 2.20. The van der Waals surface area contributed by atoms with E-state index >= 15 is 0 Å². The molecule has 0 saturated heterocycles. The zero-order valence-corrected chi connectivity index (χ0v) is 7.93. The van der Waals surface area contributed by atoms with E-state index in [2.05, 4.69) is 14.8 Å². The quantitative estimate of drug-likeness (QED) is 0.618. The summed E-state index contributed by atoms with van der Waals surface area (Å²) in [5.41, 5.74) is 5.45. The SMILES string of the molecule is COC(=O)C1CCn2nc(N)nc2C1. The van der Waals surface area contributed by atoms with Crippen LogP contribution in [0.4, 0.5) is 5.95 Å². The van der Waals surface area contributed by atoms with Crippen molar-refractivity contribution < 1.29 is 9.53 Å². The van der Waals surface area contributed by atoms with Gasteiger partial charge in [0.25, 0.3) is 0 Å². The van der Waals surface area contributed by atoms with Gasteiger partial charge in [-0.05, 0) is 6.42 Å². The third kappa shape index (κ3) is 1.43. The minimum absolute atomic E-state index is 0.101. The smallest absolute Gasteiger partial charge is 0.309 e. The van der Waals surface area contributed by atoms with Gasteiger partial charge in [-0.15, -0.1) is 5.10 Å². The molecule has 1 aromatic rings. The lowest BCUT2D eigenvalue weighted by molar-refractivity contribution is -0.146. The van der Waals surface area contributed by atoms with E-state index in [0.29, 0.717) is 13.0 Å². The number of hydrogen-bond donors (Lipinski definition) is 1. The highest BCUT2D eigenvalue weighted by molar-refractivity contribution is 5.72. The Balaban J connectivity index is 2.16. The maximum absolute atomic E-state index is 11.3. The molecule has 2 heterocycles. The van der Waals surface area contributed by atoms with Gasteiger partial charge in [0.15, 0.2) is 0 Å². The summed E-state index contributed by atoms with van der Waals surface area (Å²) in [6.45, 7) is 0.680. The first-order valence-corrected chi connectivity index (χ1v) is 4.47. The number of fused-ring (bicyclic) bond motifs is 1. The van der Waals surface area contributed by atoms with Crippen molar-refractivity contribution in [2.24, 2.45) is 5.92 Å². The molecule has 2 rings (SSSR count). The van der Waals surface area contributed by atoms with Crippen molar-refractivity contribution in [3.63, 3.8) is 0 Å². The highest BCUT2D eigenvalue weighted by atomic mass is 16.5. The number of anilines is 1. The zero-order chi connectivity index (χ0) is 10.1. The number of methoxy groups -OCH3 is 1. The van der Waals surface area contributed by atoms with Crippen LogP contribution in [0.15, 0.2) is 0 Å². The molecule has 0 amide bonds. The van der Waals surface area contributed by atoms with Crippen LogP contribution in [-0.2, 0) is 22.5 Å². The molecule has 6 heteroatoms. The molecule has 0 fully saturated rings. The summed E-state index contributed by atoms with van der Waals surface area (Å²) < 4.78 is 6.43. The van der Waals surface area contributed by atoms with Crippen LogP contribution in [0.1, 0.15) is 12.2 Å². The molecule has 76 valence electrons. The molecule has 1 atom stereocenters. The van der Waals surface area contributed by atoms with E-state index in [-0.39, 0.29) is 17.8 Å². The Morgan fingerprint density at radius 3 is 3.21 bits per heavy atom. The number of hydrogen-bond acceptors (Lipinski definition) is 5. The maximum Gasteiger partial charge on any atom is 0.309 e. The number of esters is 1. The lowest BCUT2D eigenvalue weighted by atomic mass is 9.98. The third-order valence-electron chi connectivity index (χ3n) is 2.42. The molecule has 0 aliphatic carbocycles. The fourth-order valence-electron chi connectivity index (χ4n) is 1.69. The molecule has 0 radical (unpaired) electrons. The van der Waals surface area contributed by atoms with Gasteiger partial charge in [0.2, 0.25) is 5.95 Å². The Morgan fingerprint density at radius 1 is 1.71 bits per heavy atom. The van der Waals surface area contributed by atoms with Crippen LogP contribution in [0.2, 0.25) is 0 Å². The van der Waals surface area contributed by atoms with Crippen LogP contribution in [0, 0.1) is 5.92 Å². The predicted molar refractivity (Wildman–Crippen MR) is 48.3 cm³/mol. The number of nitrogen functional groups attached to an aromatic ring is 1. The van der Waals surface area contributed by atoms with Crippen LogP contribution in [0.3, 0.4) is 0 Å². The Labute approximate surface area is 81.1 Å². The molecule has 14 heavy (non-hydrogen) atoms. The number of nitrogens with two attached hydrogens (primary N) is 1. The van der Waals surface area contributed by atoms with Crippen molar-refractivity contribution >= 4 is 11.9 Å². The van der Waals surface area contributed by atoms with Crippen molar-refractivity contribution in [2.45, 2.75) is 19.4 Å². The molecule has 1 aliphatic rings. The fourth-order valence-corrected chi connectivity index (χ4v) is 1.69. The van der Waals surface area contributed by atoms with E-state index in [1.165, 1.54) is 7.11 Å². The first kappa shape index (κ1) is 8.98. The van der Waals surface area contributed by atoms with Crippen molar-refractivity contribution in [1.82, 2.24) is 14.8 Å². The summed E-state index contributed by atoms with van der Waals surface area (Å²) in [4.78, 5) is 15.3. The van der Waals surface area contributed by atoms with Gasteiger partial charge in [-0.3, -0.25) is 4.79 Å². The van der Waals surface area contributed by atoms with Gasteiger partial charge >= 0.3 is 5.97 Å². The van der Waals surface area contributed by atoms with Gasteiger partial charge in [-0.25, -0.2) is 4.68 Å². The zero-order valence-electron chi connectivity index (χ0n) is 7.93. The Morgan fingerprint density at radius 2 is 2.50 bits per heavy atom. The summed E-state index contributed by atoms with van der Waals surface area (Å²) in [5, 5.41) is 4.00. The molecular weight excluding hydrogens is 184 g/mol. The third-order valence-corrected chi connectivity index (χ3v) is 2.42. The van der Waals surface area contributed by atoms with E-state index in [4.69, 9.17) is 5.73 Å². The van der Waals surface area contributed by atoms with E-state index in [9.17, 15) is 4.79 Å². The molecule has 0 aromatic carbocycles. The van der Waals surface area contributed by atoms with E-state index in [1.807, 2.05) is 0 Å². The lowest BCUT2D eigenvalue weighted by Gasteiger charge is -2.19. The van der Waals surface area contributed by atoms with Crippen molar-refractivity contribution in [3.05, 3.63) is 5.82 Å². The summed E-state index contributed by atoms with van der Waals surface area (Å²) >= 11 is 0. The maximum atomic E-state index is 11.3. The van der Waals surface area contributed by atoms with Crippen LogP contribution in [0.25, 0.3) is 0 Å². The number of nitrogens with zero attached hydrogens (tertiary/aromatic N) is 3. The largest absolute Gasteiger partial charge is 0.469 e. The predicted octanol–water partition coefficient (Wildman–Crippen LogP) is -0.404. The molecule has 0 spiro atoms. The van der Waals surface area contributed by atoms with Gasteiger partial charge in [0.05, 0.1) is 13.0 Å². The van der Waals surface area contributed by atoms with Gasteiger partial charge < -0.3 is 10.5 Å². The highest BCUT2D eigenvalue weighted by Gasteiger charge is 2.27. The second-order valence-electron chi connectivity index (χ2n) is 3.32. The van der Waals surface area contributed by atoms with Gasteiger partial charge in [-0.1, -0.05) is 0 Å². The summed E-state index contributed by atoms with van der Waals surface area (Å²) in [5.74, 6) is 0.753. The summed E-state index contributed by atoms with van der Waals surface area (Å²) in [6.07, 6.45) is 1.30. The van der Waals surface area contributed by atoms with Gasteiger partial charge in [0, 0.05) is 13.0 Å². The van der Waals surface area contributed by atoms with E-state index < -0.39 is 0 Å². The second-order valence-corrected chi connectivity index (χ2v) is 3.32. The summed E-state index contributed by atoms with van der Waals surface area (Å²) in [6, 6.07) is 0. The number of carbonyl (C=O) groups is 1. The molecular formula is C8H12N4O2. The van der Waals surface area contributed by atoms with Crippen molar-refractivity contribution in [3.8, 4) is 0 Å². The van der Waals surface area contributed by atoms with Crippen LogP contribution in [-0.4, -0.2) is 27.8 Å². The van der Waals surface area contributed by atoms with Crippen LogP contribution < -0.4 is 5.73 Å². The molecule has 1 aromatic heterocycles. The first-order chi connectivity index (χ1) is 6.70. The Hall–Kier alpha value is -1.59. The topological polar surface area (TPSA) is 83.0 Å². The molecule has 0 bridgehead atoms. The number of aromatic nitrogens is 3. The minimum Gasteiger partial charge on any atom is -0.469 e. The minimum atomic E-state index is -0.183. The monoisotopic (exact) mass is 196 g/mol. The molecule has 6 nitrogen and oxygen atoms in total.